The molecule has 0 aliphatic rings. The van der Waals surface area contributed by atoms with Gasteiger partial charge in [0.2, 0.25) is 0 Å². The first kappa shape index (κ1) is 16.9. The van der Waals surface area contributed by atoms with Crippen molar-refractivity contribution in [1.82, 2.24) is 5.32 Å². The van der Waals surface area contributed by atoms with E-state index < -0.39 is 6.43 Å². The van der Waals surface area contributed by atoms with Gasteiger partial charge in [-0.3, -0.25) is 0 Å². The van der Waals surface area contributed by atoms with E-state index >= 15 is 0 Å². The first-order chi connectivity index (χ1) is 9.58. The summed E-state index contributed by atoms with van der Waals surface area (Å²) in [5.41, 5.74) is 2.97. The highest BCUT2D eigenvalue weighted by atomic mass is 19.3. The van der Waals surface area contributed by atoms with Gasteiger partial charge in [0.1, 0.15) is 0 Å². The van der Waals surface area contributed by atoms with Gasteiger partial charge in [-0.2, -0.15) is 0 Å². The fourth-order valence-corrected chi connectivity index (χ4v) is 2.09. The highest BCUT2D eigenvalue weighted by molar-refractivity contribution is 5.51. The van der Waals surface area contributed by atoms with Crippen molar-refractivity contribution < 1.29 is 13.9 Å². The molecule has 20 heavy (non-hydrogen) atoms. The van der Waals surface area contributed by atoms with Crippen LogP contribution in [0.25, 0.3) is 0 Å². The molecule has 0 bridgehead atoms. The van der Waals surface area contributed by atoms with Crippen LogP contribution in [-0.2, 0) is 6.54 Å². The number of hydrogen-bond donors (Lipinski definition) is 2. The van der Waals surface area contributed by atoms with Crippen LogP contribution in [0.4, 0.5) is 14.5 Å². The van der Waals surface area contributed by atoms with E-state index in [9.17, 15) is 8.78 Å². The van der Waals surface area contributed by atoms with Crippen molar-refractivity contribution in [2.75, 3.05) is 31.1 Å². The molecule has 0 unspecified atom stereocenters. The van der Waals surface area contributed by atoms with E-state index in [1.165, 1.54) is 10.5 Å². The molecule has 3 nitrogen and oxygen atoms in total. The van der Waals surface area contributed by atoms with Crippen LogP contribution in [0.15, 0.2) is 18.2 Å². The second-order valence-corrected chi connectivity index (χ2v) is 4.85. The minimum absolute atomic E-state index is 0.133. The fraction of sp³-hybridized carbons (Fsp3) is 0.600. The number of nitrogens with one attached hydrogen (secondary N) is 1. The summed E-state index contributed by atoms with van der Waals surface area (Å²) in [6.07, 6.45) is -1.33. The molecule has 0 spiro atoms. The molecule has 0 aliphatic carbocycles. The van der Waals surface area contributed by atoms with Crippen molar-refractivity contribution in [2.45, 2.75) is 33.2 Å². The van der Waals surface area contributed by atoms with Gasteiger partial charge < -0.3 is 15.3 Å². The van der Waals surface area contributed by atoms with Gasteiger partial charge >= 0.3 is 0 Å². The summed E-state index contributed by atoms with van der Waals surface area (Å²) in [7, 11) is 0. The maximum atomic E-state index is 12.5. The van der Waals surface area contributed by atoms with Gasteiger partial charge in [-0.25, -0.2) is 8.78 Å². The zero-order valence-corrected chi connectivity index (χ0v) is 12.2. The molecule has 0 aliphatic heterocycles. The van der Waals surface area contributed by atoms with E-state index in [4.69, 9.17) is 5.11 Å². The minimum atomic E-state index is -2.41. The van der Waals surface area contributed by atoms with Gasteiger partial charge in [0.25, 0.3) is 6.43 Å². The molecule has 0 heterocycles. The number of aliphatic hydroxyl groups is 1. The zero-order valence-electron chi connectivity index (χ0n) is 12.2. The van der Waals surface area contributed by atoms with Crippen molar-refractivity contribution >= 4 is 5.69 Å². The second-order valence-electron chi connectivity index (χ2n) is 4.85. The summed E-state index contributed by atoms with van der Waals surface area (Å²) in [6, 6.07) is 5.71. The SMILES string of the molecule is CCCNCc1ccc(N(CCO)CC(F)F)cc1C. The first-order valence-electron chi connectivity index (χ1n) is 7.02. The van der Waals surface area contributed by atoms with Crippen molar-refractivity contribution in [2.24, 2.45) is 0 Å². The van der Waals surface area contributed by atoms with E-state index in [2.05, 4.69) is 12.2 Å². The summed E-state index contributed by atoms with van der Waals surface area (Å²) in [4.78, 5) is 1.51. The molecule has 1 aromatic carbocycles. The highest BCUT2D eigenvalue weighted by Crippen LogP contribution is 2.20. The number of halogens is 2. The lowest BCUT2D eigenvalue weighted by Gasteiger charge is -2.24. The van der Waals surface area contributed by atoms with E-state index in [0.717, 1.165) is 30.8 Å². The van der Waals surface area contributed by atoms with Gasteiger partial charge in [-0.15, -0.1) is 0 Å². The Bertz CT molecular complexity index is 399. The van der Waals surface area contributed by atoms with Crippen molar-refractivity contribution in [3.05, 3.63) is 29.3 Å². The Hall–Kier alpha value is -1.20. The summed E-state index contributed by atoms with van der Waals surface area (Å²) < 4.78 is 25.1. The number of aliphatic hydroxyl groups excluding tert-OH is 1. The van der Waals surface area contributed by atoms with Crippen LogP contribution < -0.4 is 10.2 Å². The molecule has 0 saturated heterocycles. The molecule has 0 atom stereocenters. The van der Waals surface area contributed by atoms with Crippen LogP contribution in [0.2, 0.25) is 0 Å². The smallest absolute Gasteiger partial charge is 0.255 e. The third-order valence-corrected chi connectivity index (χ3v) is 3.16. The van der Waals surface area contributed by atoms with Gasteiger partial charge in [-0.05, 0) is 43.1 Å². The molecule has 5 heteroatoms. The Morgan fingerprint density at radius 3 is 2.65 bits per heavy atom. The lowest BCUT2D eigenvalue weighted by molar-refractivity contribution is 0.153. The number of hydrogen-bond acceptors (Lipinski definition) is 3. The second kappa shape index (κ2) is 8.87. The lowest BCUT2D eigenvalue weighted by Crippen LogP contribution is -2.31. The van der Waals surface area contributed by atoms with Gasteiger partial charge in [0.05, 0.1) is 13.2 Å². The molecular weight excluding hydrogens is 262 g/mol. The Morgan fingerprint density at radius 2 is 2.10 bits per heavy atom. The van der Waals surface area contributed by atoms with Crippen molar-refractivity contribution in [3.8, 4) is 0 Å². The average Bonchev–Trinajstić information content (AvgIpc) is 2.40. The lowest BCUT2D eigenvalue weighted by atomic mass is 10.1. The third-order valence-electron chi connectivity index (χ3n) is 3.16. The third kappa shape index (κ3) is 5.43. The molecule has 1 aromatic rings. The van der Waals surface area contributed by atoms with Crippen LogP contribution in [0.3, 0.4) is 0 Å². The Kier molecular flexibility index (Phi) is 7.47. The van der Waals surface area contributed by atoms with E-state index in [1.54, 1.807) is 0 Å². The summed E-state index contributed by atoms with van der Waals surface area (Å²) in [6.45, 7) is 5.57. The quantitative estimate of drug-likeness (QED) is 0.685. The number of nitrogens with zero attached hydrogens (tertiary/aromatic N) is 1. The predicted octanol–water partition coefficient (Wildman–Crippen LogP) is 2.56. The van der Waals surface area contributed by atoms with Crippen LogP contribution in [-0.4, -0.2) is 37.8 Å². The van der Waals surface area contributed by atoms with Gasteiger partial charge in [0.15, 0.2) is 0 Å². The highest BCUT2D eigenvalue weighted by Gasteiger charge is 2.13. The van der Waals surface area contributed by atoms with Crippen molar-refractivity contribution in [3.63, 3.8) is 0 Å². The number of benzene rings is 1. The Balaban J connectivity index is 2.77. The fourth-order valence-electron chi connectivity index (χ4n) is 2.09. The standard InChI is InChI=1S/C15H24F2N2O/c1-3-6-18-10-13-4-5-14(9-12(13)2)19(7-8-20)11-15(16)17/h4-5,9,15,18,20H,3,6-8,10-11H2,1-2H3. The monoisotopic (exact) mass is 286 g/mol. The summed E-state index contributed by atoms with van der Waals surface area (Å²) >= 11 is 0. The van der Waals surface area contributed by atoms with Gasteiger partial charge in [-0.1, -0.05) is 13.0 Å². The molecule has 0 aromatic heterocycles. The molecule has 0 fully saturated rings. The molecule has 0 radical (unpaired) electrons. The molecule has 114 valence electrons. The Labute approximate surface area is 119 Å². The largest absolute Gasteiger partial charge is 0.395 e. The molecule has 2 N–H and O–H groups in total. The van der Waals surface area contributed by atoms with Gasteiger partial charge in [0, 0.05) is 18.8 Å². The number of rotatable bonds is 9. The average molecular weight is 286 g/mol. The minimum Gasteiger partial charge on any atom is -0.395 e. The summed E-state index contributed by atoms with van der Waals surface area (Å²) in [5.74, 6) is 0. The van der Waals surface area contributed by atoms with Crippen LogP contribution in [0.1, 0.15) is 24.5 Å². The zero-order chi connectivity index (χ0) is 15.0. The maximum Gasteiger partial charge on any atom is 0.255 e. The van der Waals surface area contributed by atoms with Crippen LogP contribution in [0.5, 0.6) is 0 Å². The predicted molar refractivity (Wildman–Crippen MR) is 78.5 cm³/mol. The van der Waals surface area contributed by atoms with Crippen molar-refractivity contribution in [1.29, 1.82) is 0 Å². The first-order valence-corrected chi connectivity index (χ1v) is 7.02. The molecule has 1 rings (SSSR count). The van der Waals surface area contributed by atoms with E-state index in [0.29, 0.717) is 0 Å². The summed E-state index contributed by atoms with van der Waals surface area (Å²) in [5, 5.41) is 12.3. The van der Waals surface area contributed by atoms with Crippen LogP contribution >= 0.6 is 0 Å². The Morgan fingerprint density at radius 1 is 1.35 bits per heavy atom. The van der Waals surface area contributed by atoms with E-state index in [1.807, 2.05) is 25.1 Å². The number of alkyl halides is 2. The molecular formula is C15H24F2N2O. The topological polar surface area (TPSA) is 35.5 Å². The number of aryl methyl sites for hydroxylation is 1. The molecule has 0 amide bonds. The maximum absolute atomic E-state index is 12.5. The molecule has 0 saturated carbocycles. The van der Waals surface area contributed by atoms with Crippen LogP contribution in [0, 0.1) is 6.92 Å². The normalized spacial score (nSPS) is 11.1. The van der Waals surface area contributed by atoms with E-state index in [-0.39, 0.29) is 19.7 Å². The number of anilines is 1.